The Labute approximate surface area is 259 Å². The average Bonchev–Trinajstić information content (AvgIpc) is 3.38. The molecule has 2 saturated heterocycles. The van der Waals surface area contributed by atoms with E-state index in [2.05, 4.69) is 42.5 Å². The zero-order valence-corrected chi connectivity index (χ0v) is 26.1. The van der Waals surface area contributed by atoms with E-state index in [1.807, 2.05) is 13.8 Å². The number of likely N-dealkylation sites (tertiary alicyclic amines) is 2. The van der Waals surface area contributed by atoms with Gasteiger partial charge in [0.2, 0.25) is 11.5 Å². The Morgan fingerprint density at radius 1 is 0.932 bits per heavy atom. The third-order valence-electron chi connectivity index (χ3n) is 10.2. The summed E-state index contributed by atoms with van der Waals surface area (Å²) in [6, 6.07) is 12.0. The van der Waals surface area contributed by atoms with Gasteiger partial charge in [0.1, 0.15) is 5.82 Å². The van der Waals surface area contributed by atoms with Crippen LogP contribution in [-0.2, 0) is 11.3 Å². The Morgan fingerprint density at radius 3 is 2.27 bits per heavy atom. The van der Waals surface area contributed by atoms with Crippen molar-refractivity contribution in [2.75, 3.05) is 26.2 Å². The Balaban J connectivity index is 1.27. The fourth-order valence-corrected chi connectivity index (χ4v) is 7.49. The highest BCUT2D eigenvalue weighted by molar-refractivity contribution is 5.95. The number of H-pyrrole nitrogens is 1. The molecule has 0 atom stereocenters. The topological polar surface area (TPSA) is 93.9 Å². The summed E-state index contributed by atoms with van der Waals surface area (Å²) < 4.78 is 15.7. The maximum Gasteiger partial charge on any atom is 0.280 e. The average molecular weight is 604 g/mol. The lowest BCUT2D eigenvalue weighted by atomic mass is 9.83. The molecule has 3 fully saturated rings. The van der Waals surface area contributed by atoms with E-state index in [4.69, 9.17) is 0 Å². The first-order valence-electron chi connectivity index (χ1n) is 16.5. The van der Waals surface area contributed by atoms with E-state index >= 15 is 0 Å². The predicted octanol–water partition coefficient (Wildman–Crippen LogP) is 5.58. The Hall–Kier alpha value is -3.30. The number of piperidine rings is 2. The van der Waals surface area contributed by atoms with Crippen molar-refractivity contribution < 1.29 is 19.1 Å². The van der Waals surface area contributed by atoms with Crippen LogP contribution in [0.3, 0.4) is 0 Å². The van der Waals surface area contributed by atoms with Crippen molar-refractivity contribution in [3.05, 3.63) is 65.0 Å². The third kappa shape index (κ3) is 6.84. The maximum atomic E-state index is 13.5. The molecular formula is C35H46FN5O3. The first kappa shape index (κ1) is 30.7. The molecule has 1 saturated carbocycles. The second kappa shape index (κ2) is 13.0. The molecule has 236 valence electrons. The highest BCUT2D eigenvalue weighted by atomic mass is 19.1. The second-order valence-electron chi connectivity index (χ2n) is 13.7. The van der Waals surface area contributed by atoms with Crippen molar-refractivity contribution >= 4 is 22.8 Å². The number of rotatable bonds is 6. The molecule has 0 bridgehead atoms. The van der Waals surface area contributed by atoms with Crippen molar-refractivity contribution in [3.63, 3.8) is 0 Å². The van der Waals surface area contributed by atoms with Crippen LogP contribution in [-0.4, -0.2) is 68.1 Å². The minimum atomic E-state index is -0.649. The minimum Gasteiger partial charge on any atom is -0.390 e. The van der Waals surface area contributed by atoms with Gasteiger partial charge in [-0.25, -0.2) is 4.39 Å². The number of nitrogens with zero attached hydrogens (tertiary/aromatic N) is 4. The standard InChI is InChI=1S/C35H46FN5O3/c1-35(2,44)27-16-20-39(21-17-27)23-24-6-15-30-31(22-24)41(34(37-30)38-32(42)25-7-11-28(36)12-8-25)29-13-9-26(10-14-29)33(43)40-18-4-3-5-19-40/h6-8,11-12,15,22,26-27,29,44H,3-5,9-10,13-14,16-21,23H2,1-2H3,(H,37,38,42)/t26-,29+. The van der Waals surface area contributed by atoms with Crippen molar-refractivity contribution in [3.8, 4) is 0 Å². The number of aromatic amines is 1. The summed E-state index contributed by atoms with van der Waals surface area (Å²) in [5.41, 5.74) is 3.28. The number of aliphatic hydroxyl groups is 1. The van der Waals surface area contributed by atoms with Crippen LogP contribution < -0.4 is 5.62 Å². The monoisotopic (exact) mass is 603 g/mol. The lowest BCUT2D eigenvalue weighted by Crippen LogP contribution is -2.41. The Bertz CT molecular complexity index is 1530. The lowest BCUT2D eigenvalue weighted by Gasteiger charge is -2.37. The molecule has 1 aromatic heterocycles. The molecule has 8 nitrogen and oxygen atoms in total. The first-order chi connectivity index (χ1) is 21.2. The number of nitrogens with one attached hydrogen (secondary N) is 1. The van der Waals surface area contributed by atoms with E-state index in [0.29, 0.717) is 23.0 Å². The molecule has 0 spiro atoms. The molecule has 0 radical (unpaired) electrons. The molecule has 6 rings (SSSR count). The molecule has 3 aliphatic rings. The van der Waals surface area contributed by atoms with E-state index in [-0.39, 0.29) is 12.0 Å². The van der Waals surface area contributed by atoms with Crippen LogP contribution in [0.1, 0.15) is 93.6 Å². The predicted molar refractivity (Wildman–Crippen MR) is 168 cm³/mol. The molecule has 2 N–H and O–H groups in total. The summed E-state index contributed by atoms with van der Waals surface area (Å²) in [5.74, 6) is -0.144. The van der Waals surface area contributed by atoms with Crippen LogP contribution in [0.4, 0.5) is 4.39 Å². The molecular weight excluding hydrogens is 557 g/mol. The van der Waals surface area contributed by atoms with E-state index in [1.165, 1.54) is 36.2 Å². The van der Waals surface area contributed by atoms with Crippen molar-refractivity contribution in [2.24, 2.45) is 16.8 Å². The number of hydrogen-bond donors (Lipinski definition) is 2. The van der Waals surface area contributed by atoms with E-state index in [9.17, 15) is 19.1 Å². The van der Waals surface area contributed by atoms with Crippen molar-refractivity contribution in [2.45, 2.75) is 89.8 Å². The number of imidazole rings is 1. The van der Waals surface area contributed by atoms with Crippen LogP contribution in [0.5, 0.6) is 0 Å². The molecule has 2 aromatic carbocycles. The summed E-state index contributed by atoms with van der Waals surface area (Å²) in [6.07, 6.45) is 8.67. The smallest absolute Gasteiger partial charge is 0.280 e. The van der Waals surface area contributed by atoms with Gasteiger partial charge in [0.15, 0.2) is 0 Å². The molecule has 1 aliphatic carbocycles. The number of halogens is 1. The number of carbonyl (C=O) groups is 2. The molecule has 9 heteroatoms. The van der Waals surface area contributed by atoms with Crippen LogP contribution in [0.25, 0.3) is 11.0 Å². The van der Waals surface area contributed by atoms with Gasteiger partial charge in [-0.05, 0) is 133 Å². The quantitative estimate of drug-likeness (QED) is 0.385. The summed E-state index contributed by atoms with van der Waals surface area (Å²) in [7, 11) is 0. The molecule has 44 heavy (non-hydrogen) atoms. The zero-order chi connectivity index (χ0) is 30.8. The van der Waals surface area contributed by atoms with Crippen molar-refractivity contribution in [1.82, 2.24) is 19.4 Å². The van der Waals surface area contributed by atoms with Gasteiger partial charge >= 0.3 is 0 Å². The lowest BCUT2D eigenvalue weighted by molar-refractivity contribution is -0.137. The van der Waals surface area contributed by atoms with E-state index < -0.39 is 17.3 Å². The Morgan fingerprint density at radius 2 is 1.61 bits per heavy atom. The normalized spacial score (nSPS) is 22.9. The van der Waals surface area contributed by atoms with Crippen molar-refractivity contribution in [1.29, 1.82) is 0 Å². The second-order valence-corrected chi connectivity index (χ2v) is 13.7. The summed E-state index contributed by atoms with van der Waals surface area (Å²) in [6.45, 7) is 8.28. The van der Waals surface area contributed by atoms with Gasteiger partial charge in [-0.3, -0.25) is 14.5 Å². The number of aromatic nitrogens is 2. The zero-order valence-electron chi connectivity index (χ0n) is 26.1. The van der Waals surface area contributed by atoms with Gasteiger partial charge in [0.05, 0.1) is 16.6 Å². The fraction of sp³-hybridized carbons (Fsp3) is 0.571. The van der Waals surface area contributed by atoms with Gasteiger partial charge in [-0.15, -0.1) is 0 Å². The molecule has 2 amide bonds. The van der Waals surface area contributed by atoms with E-state index in [1.54, 1.807) is 0 Å². The maximum absolute atomic E-state index is 13.5. The number of fused-ring (bicyclic) bond motifs is 1. The van der Waals surface area contributed by atoms with Crippen LogP contribution >= 0.6 is 0 Å². The summed E-state index contributed by atoms with van der Waals surface area (Å²) >= 11 is 0. The molecule has 3 heterocycles. The largest absolute Gasteiger partial charge is 0.390 e. The van der Waals surface area contributed by atoms with Gasteiger partial charge < -0.3 is 19.6 Å². The number of carbonyl (C=O) groups excluding carboxylic acids is 2. The fourth-order valence-electron chi connectivity index (χ4n) is 7.49. The number of hydrogen-bond acceptors (Lipinski definition) is 4. The first-order valence-corrected chi connectivity index (χ1v) is 16.5. The SMILES string of the molecule is CC(C)(O)C1CCN(Cc2ccc3[nH]/c(=N\C(=O)c4ccc(F)cc4)n([C@H]4CC[C@@H](C(=O)N5CCCCC5)CC4)c3c2)CC1. The van der Waals surface area contributed by atoms with Crippen LogP contribution in [0.15, 0.2) is 47.5 Å². The summed E-state index contributed by atoms with van der Waals surface area (Å²) in [4.78, 5) is 38.9. The minimum absolute atomic E-state index is 0.0544. The number of amides is 2. The summed E-state index contributed by atoms with van der Waals surface area (Å²) in [5, 5.41) is 10.5. The number of benzene rings is 2. The third-order valence-corrected chi connectivity index (χ3v) is 10.2. The highest BCUT2D eigenvalue weighted by Crippen LogP contribution is 2.35. The van der Waals surface area contributed by atoms with Gasteiger partial charge in [0, 0.05) is 37.2 Å². The highest BCUT2D eigenvalue weighted by Gasteiger charge is 2.32. The van der Waals surface area contributed by atoms with Crippen LogP contribution in [0.2, 0.25) is 0 Å². The Kier molecular flexibility index (Phi) is 9.06. The van der Waals surface area contributed by atoms with Gasteiger partial charge in [-0.1, -0.05) is 6.07 Å². The molecule has 3 aromatic rings. The van der Waals surface area contributed by atoms with Crippen LogP contribution in [0, 0.1) is 17.7 Å². The van der Waals surface area contributed by atoms with Gasteiger partial charge in [-0.2, -0.15) is 4.99 Å². The molecule has 0 unspecified atom stereocenters. The van der Waals surface area contributed by atoms with E-state index in [0.717, 1.165) is 95.1 Å². The molecule has 2 aliphatic heterocycles. The van der Waals surface area contributed by atoms with Gasteiger partial charge in [0.25, 0.3) is 5.91 Å².